The van der Waals surface area contributed by atoms with Crippen LogP contribution < -0.4 is 0 Å². The van der Waals surface area contributed by atoms with Crippen LogP contribution in [0.3, 0.4) is 0 Å². The molecule has 0 bridgehead atoms. The number of carbonyl (C=O) groups excluding carboxylic acids is 1. The van der Waals surface area contributed by atoms with Gasteiger partial charge in [0.1, 0.15) is 0 Å². The molecule has 1 aromatic carbocycles. The van der Waals surface area contributed by atoms with Crippen LogP contribution in [0.15, 0.2) is 40.8 Å². The smallest absolute Gasteiger partial charge is 0.289 e. The van der Waals surface area contributed by atoms with E-state index in [2.05, 4.69) is 45.0 Å². The van der Waals surface area contributed by atoms with Gasteiger partial charge in [0.15, 0.2) is 11.0 Å². The Bertz CT molecular complexity index is 623. The summed E-state index contributed by atoms with van der Waals surface area (Å²) in [6.45, 7) is 7.07. The molecule has 2 rings (SSSR count). The van der Waals surface area contributed by atoms with E-state index in [1.807, 2.05) is 0 Å². The number of nitrogens with zero attached hydrogens (tertiary/aromatic N) is 1. The highest BCUT2D eigenvalue weighted by Gasteiger charge is 2.17. The second-order valence-electron chi connectivity index (χ2n) is 6.21. The van der Waals surface area contributed by atoms with Crippen molar-refractivity contribution in [2.45, 2.75) is 32.7 Å². The zero-order valence-corrected chi connectivity index (χ0v) is 13.6. The molecule has 0 N–H and O–H groups in total. The third-order valence-corrected chi connectivity index (χ3v) is 3.57. The molecule has 3 nitrogen and oxygen atoms in total. The third-order valence-electron chi connectivity index (χ3n) is 3.37. The minimum absolute atomic E-state index is 0.130. The van der Waals surface area contributed by atoms with Gasteiger partial charge in [-0.2, -0.15) is 0 Å². The van der Waals surface area contributed by atoms with E-state index in [0.29, 0.717) is 6.54 Å². The molecule has 1 aromatic heterocycles. The molecule has 1 amide bonds. The summed E-state index contributed by atoms with van der Waals surface area (Å²) in [6.07, 6.45) is 0. The van der Waals surface area contributed by atoms with Crippen molar-refractivity contribution in [3.63, 3.8) is 0 Å². The number of furan rings is 1. The Morgan fingerprint density at radius 3 is 2.24 bits per heavy atom. The van der Waals surface area contributed by atoms with Gasteiger partial charge in [0.25, 0.3) is 5.91 Å². The summed E-state index contributed by atoms with van der Waals surface area (Å²) in [5.74, 6) is 0.0793. The second-order valence-corrected chi connectivity index (χ2v) is 6.58. The number of rotatable bonds is 3. The fourth-order valence-corrected chi connectivity index (χ4v) is 2.22. The number of hydrogen-bond acceptors (Lipinski definition) is 2. The Kier molecular flexibility index (Phi) is 4.43. The van der Waals surface area contributed by atoms with Gasteiger partial charge in [-0.3, -0.25) is 4.79 Å². The van der Waals surface area contributed by atoms with Crippen LogP contribution in [0.25, 0.3) is 0 Å². The van der Waals surface area contributed by atoms with Gasteiger partial charge in [-0.15, -0.1) is 0 Å². The lowest BCUT2D eigenvalue weighted by Crippen LogP contribution is -2.25. The predicted octanol–water partition coefficient (Wildman–Crippen LogP) is 4.50. The van der Waals surface area contributed by atoms with Gasteiger partial charge in [-0.1, -0.05) is 45.0 Å². The van der Waals surface area contributed by atoms with Crippen molar-refractivity contribution in [1.29, 1.82) is 0 Å². The van der Waals surface area contributed by atoms with Gasteiger partial charge in [0, 0.05) is 13.6 Å². The number of carbonyl (C=O) groups is 1. The summed E-state index contributed by atoms with van der Waals surface area (Å²) >= 11 is 5.69. The number of hydrogen-bond donors (Lipinski definition) is 0. The number of halogens is 1. The maximum absolute atomic E-state index is 12.2. The minimum Gasteiger partial charge on any atom is -0.440 e. The molecule has 0 saturated carbocycles. The molecule has 2 aromatic rings. The lowest BCUT2D eigenvalue weighted by Gasteiger charge is -2.20. The van der Waals surface area contributed by atoms with Crippen molar-refractivity contribution in [3.8, 4) is 0 Å². The molecule has 0 saturated heterocycles. The quantitative estimate of drug-likeness (QED) is 0.836. The van der Waals surface area contributed by atoms with Crippen LogP contribution in [0.1, 0.15) is 42.5 Å². The Morgan fingerprint density at radius 2 is 1.76 bits per heavy atom. The van der Waals surface area contributed by atoms with Gasteiger partial charge in [-0.25, -0.2) is 0 Å². The van der Waals surface area contributed by atoms with Gasteiger partial charge < -0.3 is 9.32 Å². The first-order valence-electron chi connectivity index (χ1n) is 6.87. The fourth-order valence-electron chi connectivity index (χ4n) is 2.07. The average molecular weight is 306 g/mol. The second kappa shape index (κ2) is 5.94. The number of amides is 1. The SMILES string of the molecule is CN(Cc1ccc(C(C)(C)C)cc1)C(=O)c1ccc(Cl)o1. The molecule has 21 heavy (non-hydrogen) atoms. The molecule has 0 radical (unpaired) electrons. The molecule has 0 aliphatic carbocycles. The zero-order chi connectivity index (χ0) is 15.6. The summed E-state index contributed by atoms with van der Waals surface area (Å²) in [5.41, 5.74) is 2.49. The van der Waals surface area contributed by atoms with Gasteiger partial charge in [-0.05, 0) is 40.3 Å². The van der Waals surface area contributed by atoms with Crippen LogP contribution >= 0.6 is 11.6 Å². The van der Waals surface area contributed by atoms with E-state index >= 15 is 0 Å². The van der Waals surface area contributed by atoms with Crippen LogP contribution in [0.4, 0.5) is 0 Å². The molecule has 112 valence electrons. The Labute approximate surface area is 130 Å². The van der Waals surface area contributed by atoms with E-state index in [9.17, 15) is 4.79 Å². The van der Waals surface area contributed by atoms with Crippen LogP contribution in [0, 0.1) is 0 Å². The highest BCUT2D eigenvalue weighted by Crippen LogP contribution is 2.22. The first-order valence-corrected chi connectivity index (χ1v) is 7.25. The van der Waals surface area contributed by atoms with Crippen molar-refractivity contribution in [2.24, 2.45) is 0 Å². The van der Waals surface area contributed by atoms with Crippen LogP contribution in [-0.2, 0) is 12.0 Å². The molecular weight excluding hydrogens is 286 g/mol. The Hall–Kier alpha value is -1.74. The summed E-state index contributed by atoms with van der Waals surface area (Å²) < 4.78 is 5.14. The van der Waals surface area contributed by atoms with Crippen molar-refractivity contribution in [2.75, 3.05) is 7.05 Å². The summed E-state index contributed by atoms with van der Waals surface area (Å²) in [4.78, 5) is 13.8. The largest absolute Gasteiger partial charge is 0.440 e. The van der Waals surface area contributed by atoms with E-state index in [1.54, 1.807) is 24.1 Å². The summed E-state index contributed by atoms with van der Waals surface area (Å²) in [5, 5.41) is 0.223. The molecular formula is C17H20ClNO2. The van der Waals surface area contributed by atoms with E-state index < -0.39 is 0 Å². The maximum atomic E-state index is 12.2. The standard InChI is InChI=1S/C17H20ClNO2/c1-17(2,3)13-7-5-12(6-8-13)11-19(4)16(20)14-9-10-15(18)21-14/h5-10H,11H2,1-4H3. The molecule has 0 fully saturated rings. The minimum atomic E-state index is -0.179. The zero-order valence-electron chi connectivity index (χ0n) is 12.8. The van der Waals surface area contributed by atoms with Crippen LogP contribution in [0.2, 0.25) is 5.22 Å². The maximum Gasteiger partial charge on any atom is 0.289 e. The monoisotopic (exact) mass is 305 g/mol. The molecule has 0 unspecified atom stereocenters. The lowest BCUT2D eigenvalue weighted by molar-refractivity contribution is 0.0753. The molecule has 0 aliphatic rings. The van der Waals surface area contributed by atoms with Gasteiger partial charge in [0.2, 0.25) is 0 Å². The molecule has 1 heterocycles. The fraction of sp³-hybridized carbons (Fsp3) is 0.353. The molecule has 0 atom stereocenters. The van der Waals surface area contributed by atoms with Crippen molar-refractivity contribution < 1.29 is 9.21 Å². The third kappa shape index (κ3) is 3.88. The number of benzene rings is 1. The topological polar surface area (TPSA) is 33.5 Å². The lowest BCUT2D eigenvalue weighted by atomic mass is 9.87. The normalized spacial score (nSPS) is 11.5. The van der Waals surface area contributed by atoms with Crippen molar-refractivity contribution in [1.82, 2.24) is 4.90 Å². The van der Waals surface area contributed by atoms with Crippen LogP contribution in [0.5, 0.6) is 0 Å². The van der Waals surface area contributed by atoms with Crippen LogP contribution in [-0.4, -0.2) is 17.9 Å². The van der Waals surface area contributed by atoms with E-state index in [1.165, 1.54) is 5.56 Å². The summed E-state index contributed by atoms with van der Waals surface area (Å²) in [7, 11) is 1.75. The Morgan fingerprint density at radius 1 is 1.14 bits per heavy atom. The van der Waals surface area contributed by atoms with E-state index in [4.69, 9.17) is 16.0 Å². The first kappa shape index (κ1) is 15.6. The van der Waals surface area contributed by atoms with E-state index in [-0.39, 0.29) is 22.3 Å². The molecule has 4 heteroatoms. The highest BCUT2D eigenvalue weighted by molar-refractivity contribution is 6.29. The van der Waals surface area contributed by atoms with Gasteiger partial charge >= 0.3 is 0 Å². The predicted molar refractivity (Wildman–Crippen MR) is 84.7 cm³/mol. The Balaban J connectivity index is 2.06. The highest BCUT2D eigenvalue weighted by atomic mass is 35.5. The average Bonchev–Trinajstić information content (AvgIpc) is 2.84. The van der Waals surface area contributed by atoms with E-state index in [0.717, 1.165) is 5.56 Å². The first-order chi connectivity index (χ1) is 9.77. The molecule has 0 aliphatic heterocycles. The molecule has 0 spiro atoms. The van der Waals surface area contributed by atoms with Gasteiger partial charge in [0.05, 0.1) is 0 Å². The van der Waals surface area contributed by atoms with Crippen molar-refractivity contribution >= 4 is 17.5 Å². The van der Waals surface area contributed by atoms with Crippen molar-refractivity contribution in [3.05, 3.63) is 58.5 Å². The summed E-state index contributed by atoms with van der Waals surface area (Å²) in [6, 6.07) is 11.5.